The van der Waals surface area contributed by atoms with Gasteiger partial charge in [0.15, 0.2) is 0 Å². The number of hydrogen-bond donors (Lipinski definition) is 2. The van der Waals surface area contributed by atoms with Crippen LogP contribution in [-0.2, 0) is 0 Å². The van der Waals surface area contributed by atoms with Gasteiger partial charge < -0.3 is 11.1 Å². The van der Waals surface area contributed by atoms with Crippen LogP contribution in [0.15, 0.2) is 10.5 Å². The van der Waals surface area contributed by atoms with Gasteiger partial charge in [-0.15, -0.1) is 0 Å². The molecule has 0 bridgehead atoms. The summed E-state index contributed by atoms with van der Waals surface area (Å²) < 4.78 is 0.559. The first-order valence-corrected chi connectivity index (χ1v) is 4.56. The van der Waals surface area contributed by atoms with Gasteiger partial charge in [-0.3, -0.25) is 0 Å². The molecule has 0 saturated carbocycles. The summed E-state index contributed by atoms with van der Waals surface area (Å²) in [6.07, 6.45) is 1.13. The molecule has 0 aliphatic heterocycles. The molecule has 0 atom stereocenters. The minimum Gasteiger partial charge on any atom is -0.398 e. The number of nitrogens with one attached hydrogen (secondary N) is 1. The van der Waals surface area contributed by atoms with Crippen molar-refractivity contribution in [2.75, 3.05) is 5.73 Å². The number of benzene rings is 1. The van der Waals surface area contributed by atoms with E-state index in [0.29, 0.717) is 25.8 Å². The lowest BCUT2D eigenvalue weighted by molar-refractivity contribution is 1.52. The Bertz CT molecular complexity index is 339. The second-order valence-electron chi connectivity index (χ2n) is 2.13. The molecule has 0 heterocycles. The SMILES string of the molecule is N=Cc1c(N)cc(Cl)c(Cl)c1Br. The maximum atomic E-state index is 7.06. The van der Waals surface area contributed by atoms with Crippen molar-refractivity contribution in [2.45, 2.75) is 0 Å². The lowest BCUT2D eigenvalue weighted by Crippen LogP contribution is -1.94. The molecule has 0 fully saturated rings. The van der Waals surface area contributed by atoms with Crippen molar-refractivity contribution < 1.29 is 0 Å². The molecule has 2 nitrogen and oxygen atoms in total. The average Bonchev–Trinajstić information content (AvgIpc) is 2.01. The van der Waals surface area contributed by atoms with Crippen LogP contribution in [0.1, 0.15) is 5.56 Å². The van der Waals surface area contributed by atoms with Gasteiger partial charge in [-0.25, -0.2) is 0 Å². The summed E-state index contributed by atoms with van der Waals surface area (Å²) in [7, 11) is 0. The van der Waals surface area contributed by atoms with Crippen molar-refractivity contribution in [2.24, 2.45) is 0 Å². The normalized spacial score (nSPS) is 9.92. The van der Waals surface area contributed by atoms with Crippen LogP contribution in [0.25, 0.3) is 0 Å². The molecule has 1 rings (SSSR count). The molecular formula is C7H5BrCl2N2. The fraction of sp³-hybridized carbons (Fsp3) is 0. The van der Waals surface area contributed by atoms with Gasteiger partial charge in [0.25, 0.3) is 0 Å². The third-order valence-corrected chi connectivity index (χ3v) is 3.22. The van der Waals surface area contributed by atoms with Crippen LogP contribution in [0, 0.1) is 5.41 Å². The summed E-state index contributed by atoms with van der Waals surface area (Å²) in [4.78, 5) is 0. The highest BCUT2D eigenvalue weighted by Crippen LogP contribution is 2.35. The van der Waals surface area contributed by atoms with Gasteiger partial charge in [-0.1, -0.05) is 23.2 Å². The zero-order valence-corrected chi connectivity index (χ0v) is 8.96. The Balaban J connectivity index is 3.51. The van der Waals surface area contributed by atoms with Crippen molar-refractivity contribution >= 4 is 51.0 Å². The molecule has 0 spiro atoms. The molecule has 3 N–H and O–H groups in total. The Morgan fingerprint density at radius 2 is 2.08 bits per heavy atom. The minimum atomic E-state index is 0.379. The Hall–Kier alpha value is -0.250. The lowest BCUT2D eigenvalue weighted by Gasteiger charge is -2.05. The number of halogens is 3. The Labute approximate surface area is 88.3 Å². The van der Waals surface area contributed by atoms with Crippen LogP contribution in [-0.4, -0.2) is 6.21 Å². The van der Waals surface area contributed by atoms with Gasteiger partial charge >= 0.3 is 0 Å². The standard InChI is InChI=1S/C7H5BrCl2N2/c8-6-3(2-11)5(12)1-4(9)7(6)10/h1-2,11H,12H2. The molecule has 12 heavy (non-hydrogen) atoms. The highest BCUT2D eigenvalue weighted by molar-refractivity contribution is 9.10. The summed E-state index contributed by atoms with van der Waals surface area (Å²) in [6, 6.07) is 1.52. The van der Waals surface area contributed by atoms with Gasteiger partial charge in [0, 0.05) is 21.9 Å². The molecular weight excluding hydrogens is 263 g/mol. The summed E-state index contributed by atoms with van der Waals surface area (Å²) in [5.41, 5.74) is 6.56. The van der Waals surface area contributed by atoms with Gasteiger partial charge in [0.05, 0.1) is 10.0 Å². The highest BCUT2D eigenvalue weighted by atomic mass is 79.9. The van der Waals surface area contributed by atoms with E-state index >= 15 is 0 Å². The Kier molecular flexibility index (Phi) is 2.99. The molecule has 0 aromatic heterocycles. The topological polar surface area (TPSA) is 49.9 Å². The first-order chi connectivity index (χ1) is 5.57. The van der Waals surface area contributed by atoms with Crippen LogP contribution in [0.5, 0.6) is 0 Å². The van der Waals surface area contributed by atoms with Gasteiger partial charge in [-0.05, 0) is 22.0 Å². The Morgan fingerprint density at radius 3 is 2.58 bits per heavy atom. The van der Waals surface area contributed by atoms with E-state index in [1.807, 2.05) is 0 Å². The lowest BCUT2D eigenvalue weighted by atomic mass is 10.2. The fourth-order valence-corrected chi connectivity index (χ4v) is 1.81. The van der Waals surface area contributed by atoms with Crippen molar-refractivity contribution in [1.82, 2.24) is 0 Å². The predicted octanol–water partition coefficient (Wildman–Crippen LogP) is 3.34. The van der Waals surface area contributed by atoms with Crippen LogP contribution in [0.3, 0.4) is 0 Å². The largest absolute Gasteiger partial charge is 0.398 e. The molecule has 64 valence electrons. The first kappa shape index (κ1) is 9.84. The van der Waals surface area contributed by atoms with Gasteiger partial charge in [0.2, 0.25) is 0 Å². The smallest absolute Gasteiger partial charge is 0.0742 e. The monoisotopic (exact) mass is 266 g/mol. The number of nitrogens with two attached hydrogens (primary N) is 1. The molecule has 0 amide bonds. The number of nitrogen functional groups attached to an aromatic ring is 1. The summed E-state index contributed by atoms with van der Waals surface area (Å²) >= 11 is 14.7. The van der Waals surface area contributed by atoms with Crippen molar-refractivity contribution in [3.05, 3.63) is 26.1 Å². The van der Waals surface area contributed by atoms with Crippen LogP contribution in [0.2, 0.25) is 10.0 Å². The van der Waals surface area contributed by atoms with Crippen molar-refractivity contribution in [3.8, 4) is 0 Å². The molecule has 1 aromatic carbocycles. The van der Waals surface area contributed by atoms with E-state index in [1.165, 1.54) is 6.07 Å². The first-order valence-electron chi connectivity index (χ1n) is 3.01. The number of rotatable bonds is 1. The van der Waals surface area contributed by atoms with E-state index in [1.54, 1.807) is 0 Å². The zero-order chi connectivity index (χ0) is 9.30. The summed E-state index contributed by atoms with van der Waals surface area (Å²) in [6.45, 7) is 0. The van der Waals surface area contributed by atoms with E-state index in [-0.39, 0.29) is 0 Å². The van der Waals surface area contributed by atoms with Crippen molar-refractivity contribution in [3.63, 3.8) is 0 Å². The van der Waals surface area contributed by atoms with E-state index in [9.17, 15) is 0 Å². The highest BCUT2D eigenvalue weighted by Gasteiger charge is 2.10. The molecule has 0 unspecified atom stereocenters. The predicted molar refractivity (Wildman–Crippen MR) is 56.5 cm³/mol. The van der Waals surface area contributed by atoms with Crippen LogP contribution >= 0.6 is 39.1 Å². The maximum absolute atomic E-state index is 7.06. The summed E-state index contributed by atoms with van der Waals surface area (Å²) in [5.74, 6) is 0. The van der Waals surface area contributed by atoms with E-state index in [0.717, 1.165) is 6.21 Å². The summed E-state index contributed by atoms with van der Waals surface area (Å²) in [5, 5.41) is 7.82. The second-order valence-corrected chi connectivity index (χ2v) is 3.71. The fourth-order valence-electron chi connectivity index (χ4n) is 0.774. The van der Waals surface area contributed by atoms with Crippen LogP contribution < -0.4 is 5.73 Å². The van der Waals surface area contributed by atoms with Crippen LogP contribution in [0.4, 0.5) is 5.69 Å². The van der Waals surface area contributed by atoms with Gasteiger partial charge in [-0.2, -0.15) is 0 Å². The third kappa shape index (κ3) is 1.58. The molecule has 0 radical (unpaired) electrons. The minimum absolute atomic E-state index is 0.379. The number of anilines is 1. The Morgan fingerprint density at radius 1 is 1.50 bits per heavy atom. The maximum Gasteiger partial charge on any atom is 0.0742 e. The van der Waals surface area contributed by atoms with E-state index < -0.39 is 0 Å². The quantitative estimate of drug-likeness (QED) is 0.458. The third-order valence-electron chi connectivity index (χ3n) is 1.38. The molecule has 0 aliphatic carbocycles. The molecule has 0 aliphatic rings. The molecule has 0 saturated heterocycles. The average molecular weight is 268 g/mol. The zero-order valence-electron chi connectivity index (χ0n) is 5.87. The number of hydrogen-bond acceptors (Lipinski definition) is 2. The van der Waals surface area contributed by atoms with E-state index in [2.05, 4.69) is 15.9 Å². The van der Waals surface area contributed by atoms with E-state index in [4.69, 9.17) is 34.3 Å². The van der Waals surface area contributed by atoms with Gasteiger partial charge in [0.1, 0.15) is 0 Å². The molecule has 1 aromatic rings. The second kappa shape index (κ2) is 3.64. The molecule has 5 heteroatoms. The van der Waals surface area contributed by atoms with Crippen molar-refractivity contribution in [1.29, 1.82) is 5.41 Å².